The predicted octanol–water partition coefficient (Wildman–Crippen LogP) is 2.99. The molecule has 5 heteroatoms. The summed E-state index contributed by atoms with van der Waals surface area (Å²) in [5.74, 6) is -0.553. The first-order chi connectivity index (χ1) is 11.0. The molecule has 0 aliphatic rings. The van der Waals surface area contributed by atoms with Gasteiger partial charge in [0.1, 0.15) is 5.82 Å². The van der Waals surface area contributed by atoms with E-state index in [1.54, 1.807) is 25.3 Å². The number of anilines is 1. The lowest BCUT2D eigenvalue weighted by Gasteiger charge is -2.27. The molecule has 1 unspecified atom stereocenters. The van der Waals surface area contributed by atoms with Crippen LogP contribution in [0.2, 0.25) is 0 Å². The molecule has 5 nitrogen and oxygen atoms in total. The lowest BCUT2D eigenvalue weighted by molar-refractivity contribution is -0.140. The van der Waals surface area contributed by atoms with E-state index in [-0.39, 0.29) is 0 Å². The number of carboxylic acids is 1. The average Bonchev–Trinajstić information content (AvgIpc) is 2.55. The van der Waals surface area contributed by atoms with E-state index in [1.807, 2.05) is 36.1 Å². The van der Waals surface area contributed by atoms with Gasteiger partial charge in [-0.1, -0.05) is 25.1 Å². The normalized spacial score (nSPS) is 11.5. The van der Waals surface area contributed by atoms with E-state index < -0.39 is 11.9 Å². The average molecular weight is 309 g/mol. The molecule has 1 N–H and O–H groups in total. The minimum Gasteiger partial charge on any atom is -0.481 e. The molecular formula is C18H19N3O2. The molecule has 1 aromatic heterocycles. The van der Waals surface area contributed by atoms with Gasteiger partial charge in [-0.25, -0.2) is 4.98 Å². The van der Waals surface area contributed by atoms with Crippen LogP contribution in [-0.4, -0.2) is 22.6 Å². The van der Waals surface area contributed by atoms with Crippen LogP contribution in [0.5, 0.6) is 0 Å². The second-order valence-electron chi connectivity index (χ2n) is 5.57. The van der Waals surface area contributed by atoms with Gasteiger partial charge < -0.3 is 10.0 Å². The Bertz CT molecular complexity index is 720. The summed E-state index contributed by atoms with van der Waals surface area (Å²) in [5, 5.41) is 18.1. The fraction of sp³-hybridized carbons (Fsp3) is 0.278. The number of benzene rings is 1. The number of pyridine rings is 1. The van der Waals surface area contributed by atoms with Crippen LogP contribution in [0.4, 0.5) is 5.82 Å². The molecule has 0 aliphatic heterocycles. The molecule has 0 spiro atoms. The first-order valence-electron chi connectivity index (χ1n) is 7.39. The van der Waals surface area contributed by atoms with Gasteiger partial charge in [0.05, 0.1) is 17.6 Å². The van der Waals surface area contributed by atoms with Gasteiger partial charge in [0.25, 0.3) is 0 Å². The number of carbonyl (C=O) groups is 1. The fourth-order valence-electron chi connectivity index (χ4n) is 2.35. The van der Waals surface area contributed by atoms with Crippen molar-refractivity contribution in [2.75, 3.05) is 11.4 Å². The Kier molecular flexibility index (Phi) is 5.32. The van der Waals surface area contributed by atoms with E-state index >= 15 is 0 Å². The standard InChI is InChI=1S/C18H19N3O2/c1-13-4-3-9-20-17(13)21(11-14(2)18(22)23)12-16-7-5-15(10-19)6-8-16/h3-9,14H,11-12H2,1-2H3,(H,22,23). The Morgan fingerprint density at radius 3 is 2.61 bits per heavy atom. The number of rotatable bonds is 6. The maximum Gasteiger partial charge on any atom is 0.308 e. The molecule has 0 aliphatic carbocycles. The zero-order valence-electron chi connectivity index (χ0n) is 13.2. The third kappa shape index (κ3) is 4.30. The van der Waals surface area contributed by atoms with Crippen LogP contribution in [-0.2, 0) is 11.3 Å². The minimum atomic E-state index is -0.830. The van der Waals surface area contributed by atoms with Crippen molar-refractivity contribution in [3.8, 4) is 6.07 Å². The Labute approximate surface area is 135 Å². The Balaban J connectivity index is 2.27. The second kappa shape index (κ2) is 7.41. The highest BCUT2D eigenvalue weighted by Gasteiger charge is 2.19. The summed E-state index contributed by atoms with van der Waals surface area (Å²) in [5.41, 5.74) is 2.61. The van der Waals surface area contributed by atoms with Crippen LogP contribution in [0.1, 0.15) is 23.6 Å². The Morgan fingerprint density at radius 1 is 1.35 bits per heavy atom. The van der Waals surface area contributed by atoms with Crippen molar-refractivity contribution in [3.05, 3.63) is 59.3 Å². The molecular weight excluding hydrogens is 290 g/mol. The zero-order chi connectivity index (χ0) is 16.8. The summed E-state index contributed by atoms with van der Waals surface area (Å²) < 4.78 is 0. The highest BCUT2D eigenvalue weighted by molar-refractivity contribution is 5.70. The first kappa shape index (κ1) is 16.5. The van der Waals surface area contributed by atoms with Crippen LogP contribution in [0.3, 0.4) is 0 Å². The lowest BCUT2D eigenvalue weighted by atomic mass is 10.1. The van der Waals surface area contributed by atoms with Crippen LogP contribution >= 0.6 is 0 Å². The molecule has 1 atom stereocenters. The molecule has 1 heterocycles. The summed E-state index contributed by atoms with van der Waals surface area (Å²) >= 11 is 0. The SMILES string of the molecule is Cc1cccnc1N(Cc1ccc(C#N)cc1)CC(C)C(=O)O. The summed E-state index contributed by atoms with van der Waals surface area (Å²) in [6.07, 6.45) is 1.71. The zero-order valence-corrected chi connectivity index (χ0v) is 13.2. The van der Waals surface area contributed by atoms with Crippen molar-refractivity contribution >= 4 is 11.8 Å². The van der Waals surface area contributed by atoms with Gasteiger partial charge >= 0.3 is 5.97 Å². The van der Waals surface area contributed by atoms with Gasteiger partial charge in [-0.05, 0) is 36.2 Å². The van der Waals surface area contributed by atoms with Crippen molar-refractivity contribution in [1.82, 2.24) is 4.98 Å². The van der Waals surface area contributed by atoms with Gasteiger partial charge in [0.2, 0.25) is 0 Å². The van der Waals surface area contributed by atoms with Gasteiger partial charge in [-0.3, -0.25) is 4.79 Å². The summed E-state index contributed by atoms with van der Waals surface area (Å²) in [7, 11) is 0. The Morgan fingerprint density at radius 2 is 2.04 bits per heavy atom. The molecule has 118 valence electrons. The number of hydrogen-bond acceptors (Lipinski definition) is 4. The van der Waals surface area contributed by atoms with E-state index in [4.69, 9.17) is 5.26 Å². The summed E-state index contributed by atoms with van der Waals surface area (Å²) in [6.45, 7) is 4.56. The van der Waals surface area contributed by atoms with Crippen molar-refractivity contribution in [3.63, 3.8) is 0 Å². The molecule has 23 heavy (non-hydrogen) atoms. The van der Waals surface area contributed by atoms with E-state index in [1.165, 1.54) is 0 Å². The Hall–Kier alpha value is -2.87. The summed E-state index contributed by atoms with van der Waals surface area (Å²) in [6, 6.07) is 13.2. The number of hydrogen-bond donors (Lipinski definition) is 1. The molecule has 0 radical (unpaired) electrons. The van der Waals surface area contributed by atoms with Crippen LogP contribution in [0.15, 0.2) is 42.6 Å². The van der Waals surface area contributed by atoms with E-state index in [2.05, 4.69) is 11.1 Å². The van der Waals surface area contributed by atoms with E-state index in [9.17, 15) is 9.90 Å². The third-order valence-electron chi connectivity index (χ3n) is 3.65. The van der Waals surface area contributed by atoms with Crippen molar-refractivity contribution < 1.29 is 9.90 Å². The number of nitrogens with zero attached hydrogens (tertiary/aromatic N) is 3. The maximum atomic E-state index is 11.2. The van der Waals surface area contributed by atoms with Gasteiger partial charge in [-0.15, -0.1) is 0 Å². The number of aryl methyl sites for hydroxylation is 1. The largest absolute Gasteiger partial charge is 0.481 e. The lowest BCUT2D eigenvalue weighted by Crippen LogP contribution is -2.32. The van der Waals surface area contributed by atoms with Crippen LogP contribution in [0, 0.1) is 24.2 Å². The van der Waals surface area contributed by atoms with Crippen molar-refractivity contribution in [2.24, 2.45) is 5.92 Å². The highest BCUT2D eigenvalue weighted by atomic mass is 16.4. The van der Waals surface area contributed by atoms with Crippen molar-refractivity contribution in [2.45, 2.75) is 20.4 Å². The predicted molar refractivity (Wildman–Crippen MR) is 88.0 cm³/mol. The molecule has 1 aromatic carbocycles. The van der Waals surface area contributed by atoms with Gasteiger partial charge in [0, 0.05) is 19.3 Å². The van der Waals surface area contributed by atoms with Gasteiger partial charge in [-0.2, -0.15) is 5.26 Å². The molecule has 0 bridgehead atoms. The monoisotopic (exact) mass is 309 g/mol. The number of carboxylic acid groups (broad SMARTS) is 1. The van der Waals surface area contributed by atoms with Crippen molar-refractivity contribution in [1.29, 1.82) is 5.26 Å². The quantitative estimate of drug-likeness (QED) is 0.887. The molecule has 0 fully saturated rings. The van der Waals surface area contributed by atoms with Crippen LogP contribution < -0.4 is 4.90 Å². The number of nitriles is 1. The highest BCUT2D eigenvalue weighted by Crippen LogP contribution is 2.20. The minimum absolute atomic E-state index is 0.368. The number of aliphatic carboxylic acids is 1. The molecule has 0 saturated carbocycles. The third-order valence-corrected chi connectivity index (χ3v) is 3.65. The molecule has 2 aromatic rings. The van der Waals surface area contributed by atoms with Crippen LogP contribution in [0.25, 0.3) is 0 Å². The second-order valence-corrected chi connectivity index (χ2v) is 5.57. The smallest absolute Gasteiger partial charge is 0.308 e. The van der Waals surface area contributed by atoms with E-state index in [0.29, 0.717) is 18.7 Å². The topological polar surface area (TPSA) is 77.2 Å². The fourth-order valence-corrected chi connectivity index (χ4v) is 2.35. The molecule has 0 amide bonds. The summed E-state index contributed by atoms with van der Waals surface area (Å²) in [4.78, 5) is 17.6. The maximum absolute atomic E-state index is 11.2. The van der Waals surface area contributed by atoms with Gasteiger partial charge in [0.15, 0.2) is 0 Å². The first-order valence-corrected chi connectivity index (χ1v) is 7.39. The molecule has 2 rings (SSSR count). The number of aromatic nitrogens is 1. The van der Waals surface area contributed by atoms with E-state index in [0.717, 1.165) is 16.9 Å². The molecule has 0 saturated heterocycles.